The molecule has 0 spiro atoms. The molecular weight excluding hydrogens is 212 g/mol. The van der Waals surface area contributed by atoms with Gasteiger partial charge in [0.05, 0.1) is 6.61 Å². The second kappa shape index (κ2) is 5.39. The van der Waals surface area contributed by atoms with Crippen molar-refractivity contribution in [3.63, 3.8) is 0 Å². The van der Waals surface area contributed by atoms with E-state index in [0.717, 1.165) is 17.7 Å². The molecule has 2 nitrogen and oxygen atoms in total. The van der Waals surface area contributed by atoms with Crippen molar-refractivity contribution in [2.75, 3.05) is 6.61 Å². The molecule has 0 aromatic heterocycles. The maximum atomic E-state index is 9.29. The number of hydrogen-bond acceptors (Lipinski definition) is 2. The van der Waals surface area contributed by atoms with Gasteiger partial charge in [0.25, 0.3) is 0 Å². The molecule has 0 aliphatic rings. The van der Waals surface area contributed by atoms with Crippen LogP contribution in [0.25, 0.3) is 0 Å². The maximum Gasteiger partial charge on any atom is 0.122 e. The van der Waals surface area contributed by atoms with Gasteiger partial charge in [-0.25, -0.2) is 0 Å². The van der Waals surface area contributed by atoms with E-state index in [-0.39, 0.29) is 5.75 Å². The van der Waals surface area contributed by atoms with E-state index in [0.29, 0.717) is 6.61 Å². The van der Waals surface area contributed by atoms with E-state index < -0.39 is 0 Å². The largest absolute Gasteiger partial charge is 0.508 e. The van der Waals surface area contributed by atoms with Crippen molar-refractivity contribution in [1.29, 1.82) is 0 Å². The third kappa shape index (κ3) is 3.25. The summed E-state index contributed by atoms with van der Waals surface area (Å²) in [5, 5.41) is 9.29. The Hall–Kier alpha value is -1.96. The van der Waals surface area contributed by atoms with Gasteiger partial charge < -0.3 is 9.84 Å². The Morgan fingerprint density at radius 3 is 2.53 bits per heavy atom. The van der Waals surface area contributed by atoms with E-state index >= 15 is 0 Å². The average Bonchev–Trinajstić information content (AvgIpc) is 2.33. The van der Waals surface area contributed by atoms with Crippen molar-refractivity contribution in [1.82, 2.24) is 0 Å². The average molecular weight is 228 g/mol. The first kappa shape index (κ1) is 11.5. The highest BCUT2D eigenvalue weighted by atomic mass is 16.5. The van der Waals surface area contributed by atoms with Gasteiger partial charge >= 0.3 is 0 Å². The molecule has 0 saturated heterocycles. The van der Waals surface area contributed by atoms with Crippen LogP contribution in [-0.2, 0) is 6.42 Å². The highest BCUT2D eigenvalue weighted by Crippen LogP contribution is 2.22. The quantitative estimate of drug-likeness (QED) is 0.869. The van der Waals surface area contributed by atoms with Crippen molar-refractivity contribution in [2.45, 2.75) is 13.3 Å². The molecule has 2 heteroatoms. The number of phenols is 1. The molecule has 2 aromatic carbocycles. The summed E-state index contributed by atoms with van der Waals surface area (Å²) >= 11 is 0. The minimum atomic E-state index is 0.276. The topological polar surface area (TPSA) is 29.5 Å². The summed E-state index contributed by atoms with van der Waals surface area (Å²) in [6, 6.07) is 15.4. The molecular formula is C15H16O2. The zero-order chi connectivity index (χ0) is 12.1. The van der Waals surface area contributed by atoms with Gasteiger partial charge in [-0.2, -0.15) is 0 Å². The number of rotatable bonds is 4. The van der Waals surface area contributed by atoms with Crippen LogP contribution in [0.2, 0.25) is 0 Å². The van der Waals surface area contributed by atoms with Gasteiger partial charge in [0, 0.05) is 6.42 Å². The van der Waals surface area contributed by atoms with Crippen LogP contribution < -0.4 is 4.74 Å². The Morgan fingerprint density at radius 2 is 1.82 bits per heavy atom. The first-order chi connectivity index (χ1) is 8.25. The fourth-order valence-electron chi connectivity index (χ4n) is 1.72. The molecule has 0 amide bonds. The van der Waals surface area contributed by atoms with Crippen LogP contribution in [0.4, 0.5) is 0 Å². The summed E-state index contributed by atoms with van der Waals surface area (Å²) in [6.07, 6.45) is 0.890. The standard InChI is InChI=1S/C15H16O2/c1-12-11-14(16)7-8-15(12)17-10-9-13-5-3-2-4-6-13/h2-8,11,16H,9-10H2,1H3. The van der Waals surface area contributed by atoms with Gasteiger partial charge in [-0.3, -0.25) is 0 Å². The van der Waals surface area contributed by atoms with Gasteiger partial charge in [0.2, 0.25) is 0 Å². The fourth-order valence-corrected chi connectivity index (χ4v) is 1.72. The molecule has 2 aromatic rings. The van der Waals surface area contributed by atoms with Crippen molar-refractivity contribution < 1.29 is 9.84 Å². The van der Waals surface area contributed by atoms with E-state index in [2.05, 4.69) is 12.1 Å². The minimum Gasteiger partial charge on any atom is -0.508 e. The molecule has 17 heavy (non-hydrogen) atoms. The van der Waals surface area contributed by atoms with E-state index in [1.165, 1.54) is 5.56 Å². The number of hydrogen-bond donors (Lipinski definition) is 1. The Kier molecular flexibility index (Phi) is 3.66. The predicted molar refractivity (Wildman–Crippen MR) is 68.5 cm³/mol. The molecule has 2 rings (SSSR count). The van der Waals surface area contributed by atoms with Crippen LogP contribution in [0.1, 0.15) is 11.1 Å². The SMILES string of the molecule is Cc1cc(O)ccc1OCCc1ccccc1. The lowest BCUT2D eigenvalue weighted by molar-refractivity contribution is 0.319. The third-order valence-corrected chi connectivity index (χ3v) is 2.65. The summed E-state index contributed by atoms with van der Waals surface area (Å²) in [6.45, 7) is 2.58. The molecule has 0 aliphatic carbocycles. The van der Waals surface area contributed by atoms with Crippen LogP contribution in [-0.4, -0.2) is 11.7 Å². The Bertz CT molecular complexity index is 478. The fraction of sp³-hybridized carbons (Fsp3) is 0.200. The summed E-state index contributed by atoms with van der Waals surface area (Å²) in [7, 11) is 0. The zero-order valence-electron chi connectivity index (χ0n) is 9.89. The number of benzene rings is 2. The Balaban J connectivity index is 1.90. The van der Waals surface area contributed by atoms with Crippen molar-refractivity contribution in [3.8, 4) is 11.5 Å². The van der Waals surface area contributed by atoms with Crippen LogP contribution in [0.15, 0.2) is 48.5 Å². The van der Waals surface area contributed by atoms with Gasteiger partial charge in [-0.1, -0.05) is 30.3 Å². The molecule has 1 N–H and O–H groups in total. The van der Waals surface area contributed by atoms with Gasteiger partial charge in [0.15, 0.2) is 0 Å². The van der Waals surface area contributed by atoms with Crippen LogP contribution in [0, 0.1) is 6.92 Å². The van der Waals surface area contributed by atoms with Crippen molar-refractivity contribution in [2.24, 2.45) is 0 Å². The molecule has 0 bridgehead atoms. The Morgan fingerprint density at radius 1 is 1.06 bits per heavy atom. The first-order valence-electron chi connectivity index (χ1n) is 5.72. The molecule has 0 radical (unpaired) electrons. The van der Waals surface area contributed by atoms with Crippen molar-refractivity contribution >= 4 is 0 Å². The highest BCUT2D eigenvalue weighted by Gasteiger charge is 2.00. The van der Waals surface area contributed by atoms with E-state index in [1.54, 1.807) is 18.2 Å². The molecule has 0 saturated carbocycles. The third-order valence-electron chi connectivity index (χ3n) is 2.65. The maximum absolute atomic E-state index is 9.29. The normalized spacial score (nSPS) is 10.2. The molecule has 0 heterocycles. The van der Waals surface area contributed by atoms with Gasteiger partial charge in [-0.05, 0) is 36.2 Å². The molecule has 0 aliphatic heterocycles. The smallest absolute Gasteiger partial charge is 0.122 e. The van der Waals surface area contributed by atoms with E-state index in [4.69, 9.17) is 4.74 Å². The lowest BCUT2D eigenvalue weighted by atomic mass is 10.2. The number of aryl methyl sites for hydroxylation is 1. The van der Waals surface area contributed by atoms with Crippen molar-refractivity contribution in [3.05, 3.63) is 59.7 Å². The predicted octanol–water partition coefficient (Wildman–Crippen LogP) is 3.32. The molecule has 0 unspecified atom stereocenters. The summed E-state index contributed by atoms with van der Waals surface area (Å²) in [4.78, 5) is 0. The molecule has 0 fully saturated rings. The molecule has 0 atom stereocenters. The lowest BCUT2D eigenvalue weighted by Gasteiger charge is -2.09. The number of aromatic hydroxyl groups is 1. The van der Waals surface area contributed by atoms with E-state index in [1.807, 2.05) is 25.1 Å². The minimum absolute atomic E-state index is 0.276. The highest BCUT2D eigenvalue weighted by molar-refractivity contribution is 5.38. The first-order valence-corrected chi connectivity index (χ1v) is 5.72. The second-order valence-electron chi connectivity index (χ2n) is 4.03. The number of phenolic OH excluding ortho intramolecular Hbond substituents is 1. The van der Waals surface area contributed by atoms with Crippen LogP contribution in [0.5, 0.6) is 11.5 Å². The van der Waals surface area contributed by atoms with Crippen LogP contribution in [0.3, 0.4) is 0 Å². The monoisotopic (exact) mass is 228 g/mol. The van der Waals surface area contributed by atoms with E-state index in [9.17, 15) is 5.11 Å². The Labute approximate surface area is 101 Å². The zero-order valence-corrected chi connectivity index (χ0v) is 9.89. The second-order valence-corrected chi connectivity index (χ2v) is 4.03. The summed E-state index contributed by atoms with van der Waals surface area (Å²) in [5.74, 6) is 1.11. The van der Waals surface area contributed by atoms with Gasteiger partial charge in [-0.15, -0.1) is 0 Å². The number of ether oxygens (including phenoxy) is 1. The summed E-state index contributed by atoms with van der Waals surface area (Å²) in [5.41, 5.74) is 2.22. The lowest BCUT2D eigenvalue weighted by Crippen LogP contribution is -2.02. The molecule has 88 valence electrons. The summed E-state index contributed by atoms with van der Waals surface area (Å²) < 4.78 is 5.68. The van der Waals surface area contributed by atoms with Crippen LogP contribution >= 0.6 is 0 Å². The van der Waals surface area contributed by atoms with Gasteiger partial charge in [0.1, 0.15) is 11.5 Å².